The van der Waals surface area contributed by atoms with Gasteiger partial charge in [0, 0.05) is 5.92 Å². The highest BCUT2D eigenvalue weighted by atomic mass is 14.2. The fourth-order valence-electron chi connectivity index (χ4n) is 4.45. The van der Waals surface area contributed by atoms with Crippen LogP contribution in [0, 0.1) is 19.8 Å². The molecule has 1 unspecified atom stereocenters. The van der Waals surface area contributed by atoms with Crippen molar-refractivity contribution in [3.63, 3.8) is 0 Å². The summed E-state index contributed by atoms with van der Waals surface area (Å²) in [4.78, 5) is 0. The molecule has 4 rings (SSSR count). The van der Waals surface area contributed by atoms with Gasteiger partial charge in [-0.3, -0.25) is 0 Å². The van der Waals surface area contributed by atoms with Crippen LogP contribution in [0.3, 0.4) is 0 Å². The molecule has 0 bridgehead atoms. The Morgan fingerprint density at radius 3 is 2.29 bits per heavy atom. The molecule has 0 nitrogen and oxygen atoms in total. The molecule has 3 aromatic carbocycles. The van der Waals surface area contributed by atoms with Crippen LogP contribution < -0.4 is 0 Å². The van der Waals surface area contributed by atoms with E-state index in [9.17, 15) is 0 Å². The van der Waals surface area contributed by atoms with Gasteiger partial charge in [0.2, 0.25) is 0 Å². The van der Waals surface area contributed by atoms with Crippen LogP contribution >= 0.6 is 0 Å². The smallest absolute Gasteiger partial charge is 0.00241 e. The van der Waals surface area contributed by atoms with Crippen molar-refractivity contribution in [2.45, 2.75) is 39.5 Å². The predicted octanol–water partition coefficient (Wildman–Crippen LogP) is 8.46. The Kier molecular flexibility index (Phi) is 6.37. The SMILES string of the molecule is C=C(Cc1ccc(C(=C)C2C=C(c3ccc(C)c(C)c3)CCC2)cc1)c1ccccc1. The monoisotopic (exact) mass is 404 g/mol. The van der Waals surface area contributed by atoms with Gasteiger partial charge in [-0.15, -0.1) is 0 Å². The van der Waals surface area contributed by atoms with Gasteiger partial charge in [0.15, 0.2) is 0 Å². The lowest BCUT2D eigenvalue weighted by Gasteiger charge is -2.24. The number of rotatable bonds is 6. The second-order valence-corrected chi connectivity index (χ2v) is 8.86. The van der Waals surface area contributed by atoms with E-state index >= 15 is 0 Å². The quantitative estimate of drug-likeness (QED) is 0.386. The molecule has 0 saturated heterocycles. The highest BCUT2D eigenvalue weighted by molar-refractivity contribution is 5.74. The summed E-state index contributed by atoms with van der Waals surface area (Å²) < 4.78 is 0. The Labute approximate surface area is 187 Å². The minimum atomic E-state index is 0.412. The largest absolute Gasteiger partial charge is 0.0949 e. The molecule has 0 heterocycles. The summed E-state index contributed by atoms with van der Waals surface area (Å²) in [6.45, 7) is 13.1. The second kappa shape index (κ2) is 9.35. The molecule has 0 radical (unpaired) electrons. The lowest BCUT2D eigenvalue weighted by molar-refractivity contribution is 0.653. The van der Waals surface area contributed by atoms with Gasteiger partial charge in [-0.1, -0.05) is 92.0 Å². The van der Waals surface area contributed by atoms with Crippen LogP contribution in [-0.2, 0) is 6.42 Å². The van der Waals surface area contributed by atoms with E-state index < -0.39 is 0 Å². The van der Waals surface area contributed by atoms with Crippen molar-refractivity contribution in [3.05, 3.63) is 125 Å². The maximum Gasteiger partial charge on any atom is 0.00241 e. The van der Waals surface area contributed by atoms with Crippen LogP contribution in [0.15, 0.2) is 92.0 Å². The van der Waals surface area contributed by atoms with Crippen molar-refractivity contribution in [2.24, 2.45) is 5.92 Å². The minimum absolute atomic E-state index is 0.412. The van der Waals surface area contributed by atoms with Crippen molar-refractivity contribution in [3.8, 4) is 0 Å². The summed E-state index contributed by atoms with van der Waals surface area (Å²) in [7, 11) is 0. The molecule has 0 spiro atoms. The first-order valence-electron chi connectivity index (χ1n) is 11.3. The third kappa shape index (κ3) is 4.97. The average molecular weight is 405 g/mol. The van der Waals surface area contributed by atoms with Crippen LogP contribution in [0.5, 0.6) is 0 Å². The van der Waals surface area contributed by atoms with Gasteiger partial charge in [-0.05, 0) is 89.6 Å². The molecule has 0 saturated carbocycles. The lowest BCUT2D eigenvalue weighted by atomic mass is 9.81. The first-order chi connectivity index (χ1) is 15.0. The Morgan fingerprint density at radius 1 is 0.839 bits per heavy atom. The van der Waals surface area contributed by atoms with E-state index in [4.69, 9.17) is 0 Å². The zero-order valence-corrected chi connectivity index (χ0v) is 18.8. The molecule has 0 N–H and O–H groups in total. The first kappa shape index (κ1) is 21.1. The molecular formula is C31H32. The molecule has 1 aliphatic carbocycles. The summed E-state index contributed by atoms with van der Waals surface area (Å²) in [6, 6.07) is 26.2. The molecule has 156 valence electrons. The van der Waals surface area contributed by atoms with Gasteiger partial charge < -0.3 is 0 Å². The fourth-order valence-corrected chi connectivity index (χ4v) is 4.45. The van der Waals surface area contributed by atoms with Crippen LogP contribution in [-0.4, -0.2) is 0 Å². The van der Waals surface area contributed by atoms with Crippen LogP contribution in [0.25, 0.3) is 16.7 Å². The molecule has 0 fully saturated rings. The van der Waals surface area contributed by atoms with Crippen LogP contribution in [0.2, 0.25) is 0 Å². The third-order valence-electron chi connectivity index (χ3n) is 6.61. The zero-order valence-electron chi connectivity index (χ0n) is 18.8. The standard InChI is InChI=1S/C31H32/c1-22-13-16-31(20-23(22)2)30-12-8-11-29(21-30)25(4)28-17-14-26(15-18-28)19-24(3)27-9-6-5-7-10-27/h5-7,9-10,13-18,20-21,29H,3-4,8,11-12,19H2,1-2H3. The number of aryl methyl sites for hydroxylation is 2. The van der Waals surface area contributed by atoms with E-state index in [2.05, 4.69) is 99.8 Å². The van der Waals surface area contributed by atoms with Gasteiger partial charge >= 0.3 is 0 Å². The topological polar surface area (TPSA) is 0 Å². The van der Waals surface area contributed by atoms with Gasteiger partial charge in [-0.25, -0.2) is 0 Å². The van der Waals surface area contributed by atoms with Gasteiger partial charge in [0.05, 0.1) is 0 Å². The molecule has 1 atom stereocenters. The number of hydrogen-bond donors (Lipinski definition) is 0. The Balaban J connectivity index is 1.47. The minimum Gasteiger partial charge on any atom is -0.0949 e. The lowest BCUT2D eigenvalue weighted by Crippen LogP contribution is -2.06. The molecule has 0 aromatic heterocycles. The predicted molar refractivity (Wildman–Crippen MR) is 136 cm³/mol. The van der Waals surface area contributed by atoms with E-state index in [1.807, 2.05) is 6.07 Å². The Hall–Kier alpha value is -3.12. The summed E-state index contributed by atoms with van der Waals surface area (Å²) >= 11 is 0. The van der Waals surface area contributed by atoms with Crippen molar-refractivity contribution in [1.29, 1.82) is 0 Å². The van der Waals surface area contributed by atoms with Crippen molar-refractivity contribution in [2.75, 3.05) is 0 Å². The Morgan fingerprint density at radius 2 is 1.58 bits per heavy atom. The van der Waals surface area contributed by atoms with Gasteiger partial charge in [0.1, 0.15) is 0 Å². The molecule has 0 amide bonds. The van der Waals surface area contributed by atoms with Crippen LogP contribution in [0.1, 0.15) is 52.6 Å². The maximum absolute atomic E-state index is 4.48. The van der Waals surface area contributed by atoms with Gasteiger partial charge in [-0.2, -0.15) is 0 Å². The van der Waals surface area contributed by atoms with E-state index in [1.165, 1.54) is 57.4 Å². The highest BCUT2D eigenvalue weighted by Crippen LogP contribution is 2.37. The molecule has 1 aliphatic rings. The van der Waals surface area contributed by atoms with Crippen molar-refractivity contribution in [1.82, 2.24) is 0 Å². The fraction of sp³-hybridized carbons (Fsp3) is 0.226. The van der Waals surface area contributed by atoms with E-state index in [0.29, 0.717) is 5.92 Å². The molecule has 31 heavy (non-hydrogen) atoms. The van der Waals surface area contributed by atoms with Crippen molar-refractivity contribution < 1.29 is 0 Å². The average Bonchev–Trinajstić information content (AvgIpc) is 2.81. The summed E-state index contributed by atoms with van der Waals surface area (Å²) in [5.41, 5.74) is 11.7. The summed E-state index contributed by atoms with van der Waals surface area (Å²) in [6.07, 6.45) is 6.89. The van der Waals surface area contributed by atoms with E-state index in [-0.39, 0.29) is 0 Å². The molecular weight excluding hydrogens is 372 g/mol. The summed E-state index contributed by atoms with van der Waals surface area (Å²) in [5.74, 6) is 0.412. The highest BCUT2D eigenvalue weighted by Gasteiger charge is 2.18. The zero-order chi connectivity index (χ0) is 21.8. The molecule has 0 heteroatoms. The third-order valence-corrected chi connectivity index (χ3v) is 6.61. The number of allylic oxidation sites excluding steroid dienone is 4. The van der Waals surface area contributed by atoms with E-state index in [0.717, 1.165) is 18.4 Å². The Bertz CT molecular complexity index is 1110. The second-order valence-electron chi connectivity index (χ2n) is 8.86. The molecule has 3 aromatic rings. The molecule has 0 aliphatic heterocycles. The van der Waals surface area contributed by atoms with Gasteiger partial charge in [0.25, 0.3) is 0 Å². The van der Waals surface area contributed by atoms with Crippen LogP contribution in [0.4, 0.5) is 0 Å². The van der Waals surface area contributed by atoms with Crippen molar-refractivity contribution >= 4 is 16.7 Å². The maximum atomic E-state index is 4.48. The summed E-state index contributed by atoms with van der Waals surface area (Å²) in [5, 5.41) is 0. The normalized spacial score (nSPS) is 15.9. The first-order valence-corrected chi connectivity index (χ1v) is 11.3. The van der Waals surface area contributed by atoms with E-state index in [1.54, 1.807) is 0 Å². The number of hydrogen-bond acceptors (Lipinski definition) is 0. The number of benzene rings is 3.